The highest BCUT2D eigenvalue weighted by molar-refractivity contribution is 6.10. The van der Waals surface area contributed by atoms with Crippen molar-refractivity contribution in [3.05, 3.63) is 35.4 Å². The Bertz CT molecular complexity index is 1160. The van der Waals surface area contributed by atoms with Crippen LogP contribution in [0.4, 0.5) is 5.69 Å². The number of hydrogen-bond acceptors (Lipinski definition) is 4. The van der Waals surface area contributed by atoms with E-state index in [9.17, 15) is 4.79 Å². The first kappa shape index (κ1) is 25.9. The van der Waals surface area contributed by atoms with E-state index in [1.54, 1.807) is 7.11 Å². The number of ether oxygens (including phenoxy) is 2. The number of nitrogens with zero attached hydrogens (tertiary/aromatic N) is 1. The number of benzene rings is 2. The van der Waals surface area contributed by atoms with Crippen LogP contribution in [0.2, 0.25) is 0 Å². The molecule has 0 aliphatic carbocycles. The molecule has 5 nitrogen and oxygen atoms in total. The molecule has 1 unspecified atom stereocenters. The van der Waals surface area contributed by atoms with Crippen molar-refractivity contribution in [2.24, 2.45) is 5.41 Å². The summed E-state index contributed by atoms with van der Waals surface area (Å²) in [4.78, 5) is 12.5. The van der Waals surface area contributed by atoms with E-state index in [1.165, 1.54) is 29.4 Å². The van der Waals surface area contributed by atoms with E-state index in [2.05, 4.69) is 75.7 Å². The van der Waals surface area contributed by atoms with Gasteiger partial charge in [-0.25, -0.2) is 0 Å². The molecule has 0 aliphatic rings. The first-order valence-corrected chi connectivity index (χ1v) is 12.7. The number of rotatable bonds is 11. The van der Waals surface area contributed by atoms with E-state index >= 15 is 0 Å². The normalized spacial score (nSPS) is 12.8. The molecule has 1 aromatic heterocycles. The Labute approximate surface area is 204 Å². The maximum atomic E-state index is 12.5. The molecule has 0 amide bonds. The number of esters is 1. The van der Waals surface area contributed by atoms with Crippen LogP contribution < -0.4 is 10.1 Å². The standard InChI is InChI=1S/C29H42N2O3/c1-9-12-29(6,7)17-21-14-22-23-15-24(30-20(5)10-2)27(33-8)16-26(23)31(18-28(32)34-11-3)25(22)13-19(21)4/h13-16,20,30H,9-12,17-18H2,1-8H3. The van der Waals surface area contributed by atoms with Crippen molar-refractivity contribution < 1.29 is 14.3 Å². The molecule has 2 aromatic carbocycles. The van der Waals surface area contributed by atoms with Crippen molar-refractivity contribution >= 4 is 33.5 Å². The monoisotopic (exact) mass is 466 g/mol. The van der Waals surface area contributed by atoms with Crippen molar-refractivity contribution in [3.8, 4) is 5.75 Å². The lowest BCUT2D eigenvalue weighted by molar-refractivity contribution is -0.143. The first-order chi connectivity index (χ1) is 16.1. The Hall–Kier alpha value is -2.69. The maximum Gasteiger partial charge on any atom is 0.325 e. The molecule has 1 N–H and O–H groups in total. The molecular weight excluding hydrogens is 424 g/mol. The van der Waals surface area contributed by atoms with Gasteiger partial charge in [-0.2, -0.15) is 0 Å². The van der Waals surface area contributed by atoms with Gasteiger partial charge in [0.05, 0.1) is 24.9 Å². The van der Waals surface area contributed by atoms with Crippen LogP contribution >= 0.6 is 0 Å². The van der Waals surface area contributed by atoms with Crippen molar-refractivity contribution in [1.29, 1.82) is 0 Å². The minimum absolute atomic E-state index is 0.176. The Balaban J connectivity index is 2.27. The van der Waals surface area contributed by atoms with Crippen LogP contribution in [-0.4, -0.2) is 30.3 Å². The second-order valence-corrected chi connectivity index (χ2v) is 10.3. The largest absolute Gasteiger partial charge is 0.495 e. The lowest BCUT2D eigenvalue weighted by Crippen LogP contribution is -2.15. The topological polar surface area (TPSA) is 52.5 Å². The fourth-order valence-corrected chi connectivity index (χ4v) is 4.94. The zero-order chi connectivity index (χ0) is 25.0. The van der Waals surface area contributed by atoms with Gasteiger partial charge in [-0.1, -0.05) is 34.1 Å². The Morgan fingerprint density at radius 2 is 1.76 bits per heavy atom. The second-order valence-electron chi connectivity index (χ2n) is 10.3. The summed E-state index contributed by atoms with van der Waals surface area (Å²) in [6.07, 6.45) is 4.41. The first-order valence-electron chi connectivity index (χ1n) is 12.7. The van der Waals surface area contributed by atoms with Crippen LogP contribution in [0.15, 0.2) is 24.3 Å². The van der Waals surface area contributed by atoms with Crippen LogP contribution in [-0.2, 0) is 22.5 Å². The van der Waals surface area contributed by atoms with Crippen LogP contribution in [0.5, 0.6) is 5.75 Å². The van der Waals surface area contributed by atoms with E-state index in [0.29, 0.717) is 12.6 Å². The summed E-state index contributed by atoms with van der Waals surface area (Å²) < 4.78 is 13.1. The molecule has 0 spiro atoms. The zero-order valence-corrected chi connectivity index (χ0v) is 22.3. The molecule has 1 heterocycles. The summed E-state index contributed by atoms with van der Waals surface area (Å²) >= 11 is 0. The summed E-state index contributed by atoms with van der Waals surface area (Å²) in [7, 11) is 1.69. The summed E-state index contributed by atoms with van der Waals surface area (Å²) in [5.74, 6) is 0.551. The minimum atomic E-state index is -0.229. The zero-order valence-electron chi connectivity index (χ0n) is 22.3. The third-order valence-corrected chi connectivity index (χ3v) is 6.85. The fourth-order valence-electron chi connectivity index (χ4n) is 4.94. The predicted octanol–water partition coefficient (Wildman–Crippen LogP) is 7.25. The molecule has 3 aromatic rings. The lowest BCUT2D eigenvalue weighted by atomic mass is 9.80. The highest BCUT2D eigenvalue weighted by Crippen LogP contribution is 2.39. The van der Waals surface area contributed by atoms with Crippen LogP contribution in [0.25, 0.3) is 21.8 Å². The molecule has 0 bridgehead atoms. The van der Waals surface area contributed by atoms with Gasteiger partial charge in [-0.05, 0) is 74.8 Å². The highest BCUT2D eigenvalue weighted by atomic mass is 16.5. The van der Waals surface area contributed by atoms with Gasteiger partial charge in [0, 0.05) is 28.4 Å². The number of fused-ring (bicyclic) bond motifs is 3. The molecule has 5 heteroatoms. The van der Waals surface area contributed by atoms with Gasteiger partial charge in [-0.3, -0.25) is 4.79 Å². The van der Waals surface area contributed by atoms with Crippen LogP contribution in [0.3, 0.4) is 0 Å². The summed E-state index contributed by atoms with van der Waals surface area (Å²) in [6, 6.07) is 9.13. The van der Waals surface area contributed by atoms with Crippen molar-refractivity contribution in [2.45, 2.75) is 86.7 Å². The molecule has 34 heavy (non-hydrogen) atoms. The predicted molar refractivity (Wildman–Crippen MR) is 143 cm³/mol. The van der Waals surface area contributed by atoms with Gasteiger partial charge >= 0.3 is 5.97 Å². The van der Waals surface area contributed by atoms with Gasteiger partial charge in [0.1, 0.15) is 12.3 Å². The lowest BCUT2D eigenvalue weighted by Gasteiger charge is -2.25. The molecule has 0 saturated carbocycles. The van der Waals surface area contributed by atoms with Gasteiger partial charge in [0.2, 0.25) is 0 Å². The number of anilines is 1. The van der Waals surface area contributed by atoms with Gasteiger partial charge in [0.25, 0.3) is 0 Å². The number of nitrogens with one attached hydrogen (secondary N) is 1. The van der Waals surface area contributed by atoms with Gasteiger partial charge in [0.15, 0.2) is 0 Å². The van der Waals surface area contributed by atoms with E-state index in [0.717, 1.165) is 40.7 Å². The SMILES string of the molecule is CCCC(C)(C)Cc1cc2c3cc(NC(C)CC)c(OC)cc3n(CC(=O)OCC)c2cc1C. The number of aryl methyl sites for hydroxylation is 1. The molecular formula is C29H42N2O3. The average Bonchev–Trinajstić information content (AvgIpc) is 3.04. The average molecular weight is 467 g/mol. The van der Waals surface area contributed by atoms with Crippen LogP contribution in [0.1, 0.15) is 71.9 Å². The molecule has 3 rings (SSSR count). The second kappa shape index (κ2) is 10.7. The van der Waals surface area contributed by atoms with Gasteiger partial charge < -0.3 is 19.4 Å². The summed E-state index contributed by atoms with van der Waals surface area (Å²) in [6.45, 7) is 15.9. The third kappa shape index (κ3) is 5.51. The molecule has 186 valence electrons. The molecule has 0 aliphatic heterocycles. The molecule has 0 radical (unpaired) electrons. The Morgan fingerprint density at radius 1 is 1.09 bits per heavy atom. The Kier molecular flexibility index (Phi) is 8.17. The third-order valence-electron chi connectivity index (χ3n) is 6.85. The van der Waals surface area contributed by atoms with Crippen molar-refractivity contribution in [1.82, 2.24) is 4.57 Å². The molecule has 1 atom stereocenters. The van der Waals surface area contributed by atoms with E-state index in [-0.39, 0.29) is 17.9 Å². The van der Waals surface area contributed by atoms with Crippen molar-refractivity contribution in [2.75, 3.05) is 19.0 Å². The number of carbonyl (C=O) groups is 1. The maximum absolute atomic E-state index is 12.5. The van der Waals surface area contributed by atoms with E-state index in [1.807, 2.05) is 6.92 Å². The van der Waals surface area contributed by atoms with E-state index < -0.39 is 0 Å². The van der Waals surface area contributed by atoms with E-state index in [4.69, 9.17) is 9.47 Å². The number of aromatic nitrogens is 1. The number of hydrogen-bond donors (Lipinski definition) is 1. The summed E-state index contributed by atoms with van der Waals surface area (Å²) in [5, 5.41) is 5.89. The quantitative estimate of drug-likeness (QED) is 0.302. The fraction of sp³-hybridized carbons (Fsp3) is 0.552. The summed E-state index contributed by atoms with van der Waals surface area (Å²) in [5.41, 5.74) is 5.89. The van der Waals surface area contributed by atoms with Crippen molar-refractivity contribution in [3.63, 3.8) is 0 Å². The molecule has 0 saturated heterocycles. The highest BCUT2D eigenvalue weighted by Gasteiger charge is 2.22. The Morgan fingerprint density at radius 3 is 2.38 bits per heavy atom. The number of carbonyl (C=O) groups excluding carboxylic acids is 1. The molecule has 0 fully saturated rings. The number of methoxy groups -OCH3 is 1. The smallest absolute Gasteiger partial charge is 0.325 e. The van der Waals surface area contributed by atoms with Crippen LogP contribution in [0, 0.1) is 12.3 Å². The van der Waals surface area contributed by atoms with Gasteiger partial charge in [-0.15, -0.1) is 0 Å². The minimum Gasteiger partial charge on any atom is -0.495 e.